The highest BCUT2D eigenvalue weighted by atomic mass is 32.2. The monoisotopic (exact) mass is 373 g/mol. The van der Waals surface area contributed by atoms with Crippen LogP contribution in [0, 0.1) is 0 Å². The molecule has 2 aromatic rings. The molecule has 0 unspecified atom stereocenters. The Balaban J connectivity index is 1.47. The van der Waals surface area contributed by atoms with Crippen LogP contribution in [0.25, 0.3) is 0 Å². The van der Waals surface area contributed by atoms with Crippen molar-refractivity contribution in [2.75, 3.05) is 17.2 Å². The molecule has 8 heteroatoms. The van der Waals surface area contributed by atoms with E-state index in [1.54, 1.807) is 6.33 Å². The van der Waals surface area contributed by atoms with Gasteiger partial charge in [0.15, 0.2) is 5.16 Å². The Morgan fingerprint density at radius 3 is 2.73 bits per heavy atom. The molecule has 0 atom stereocenters. The van der Waals surface area contributed by atoms with E-state index < -0.39 is 0 Å². The van der Waals surface area contributed by atoms with Crippen LogP contribution < -0.4 is 10.2 Å². The number of carbonyl (C=O) groups is 2. The quantitative estimate of drug-likeness (QED) is 0.754. The number of anilines is 1. The number of thioether (sulfide) groups is 1. The minimum atomic E-state index is -0.0490. The molecule has 0 bridgehead atoms. The molecule has 0 saturated carbocycles. The molecule has 2 heterocycles. The van der Waals surface area contributed by atoms with Crippen molar-refractivity contribution in [1.29, 1.82) is 0 Å². The minimum absolute atomic E-state index is 0.0490. The molecular weight excluding hydrogens is 350 g/mol. The van der Waals surface area contributed by atoms with Crippen molar-refractivity contribution in [2.45, 2.75) is 44.4 Å². The van der Waals surface area contributed by atoms with Crippen LogP contribution in [0.3, 0.4) is 0 Å². The van der Waals surface area contributed by atoms with Gasteiger partial charge in [-0.2, -0.15) is 0 Å². The Morgan fingerprint density at radius 1 is 1.31 bits per heavy atom. The Labute approximate surface area is 157 Å². The highest BCUT2D eigenvalue weighted by Gasteiger charge is 2.21. The van der Waals surface area contributed by atoms with E-state index in [0.717, 1.165) is 29.4 Å². The molecule has 1 aromatic heterocycles. The molecule has 1 saturated heterocycles. The molecule has 0 spiro atoms. The smallest absolute Gasteiger partial charge is 0.230 e. The SMILES string of the molecule is CC(C)n1cnnc1SCC(=O)NCc1ccc(N2CCCC2=O)cc1. The number of benzene rings is 1. The van der Waals surface area contributed by atoms with E-state index in [4.69, 9.17) is 0 Å². The standard InChI is InChI=1S/C18H23N5O2S/c1-13(2)23-12-20-21-18(23)26-11-16(24)19-10-14-5-7-15(8-6-14)22-9-3-4-17(22)25/h5-8,12-13H,3-4,9-11H2,1-2H3,(H,19,24). The molecule has 7 nitrogen and oxygen atoms in total. The van der Waals surface area contributed by atoms with Gasteiger partial charge >= 0.3 is 0 Å². The molecule has 1 aliphatic heterocycles. The maximum absolute atomic E-state index is 12.1. The number of rotatable bonds is 7. The van der Waals surface area contributed by atoms with E-state index in [2.05, 4.69) is 15.5 Å². The topological polar surface area (TPSA) is 80.1 Å². The average Bonchev–Trinajstić information content (AvgIpc) is 3.27. The van der Waals surface area contributed by atoms with Crippen molar-refractivity contribution >= 4 is 29.3 Å². The molecule has 26 heavy (non-hydrogen) atoms. The summed E-state index contributed by atoms with van der Waals surface area (Å²) in [4.78, 5) is 25.6. The summed E-state index contributed by atoms with van der Waals surface area (Å²) in [6.07, 6.45) is 3.22. The molecule has 1 aliphatic rings. The lowest BCUT2D eigenvalue weighted by Crippen LogP contribution is -2.25. The zero-order chi connectivity index (χ0) is 18.5. The first-order chi connectivity index (χ1) is 12.5. The van der Waals surface area contributed by atoms with Gasteiger partial charge in [0.25, 0.3) is 0 Å². The van der Waals surface area contributed by atoms with Crippen LogP contribution in [-0.4, -0.2) is 38.9 Å². The van der Waals surface area contributed by atoms with Gasteiger partial charge in [0.05, 0.1) is 5.75 Å². The molecule has 3 rings (SSSR count). The third kappa shape index (κ3) is 4.43. The van der Waals surface area contributed by atoms with Gasteiger partial charge in [0.2, 0.25) is 11.8 Å². The van der Waals surface area contributed by atoms with Gasteiger partial charge in [-0.05, 0) is 38.0 Å². The molecule has 0 aliphatic carbocycles. The van der Waals surface area contributed by atoms with Crippen LogP contribution in [0.4, 0.5) is 5.69 Å². The second-order valence-electron chi connectivity index (χ2n) is 6.50. The predicted molar refractivity (Wildman–Crippen MR) is 101 cm³/mol. The first-order valence-electron chi connectivity index (χ1n) is 8.73. The molecule has 2 amide bonds. The number of carbonyl (C=O) groups excluding carboxylic acids is 2. The number of hydrogen-bond donors (Lipinski definition) is 1. The molecule has 138 valence electrons. The highest BCUT2D eigenvalue weighted by Crippen LogP contribution is 2.22. The van der Waals surface area contributed by atoms with Gasteiger partial charge in [-0.1, -0.05) is 23.9 Å². The van der Waals surface area contributed by atoms with Crippen LogP contribution >= 0.6 is 11.8 Å². The highest BCUT2D eigenvalue weighted by molar-refractivity contribution is 7.99. The van der Waals surface area contributed by atoms with E-state index in [9.17, 15) is 9.59 Å². The first-order valence-corrected chi connectivity index (χ1v) is 9.71. The summed E-state index contributed by atoms with van der Waals surface area (Å²) in [6, 6.07) is 8.03. The summed E-state index contributed by atoms with van der Waals surface area (Å²) in [5.74, 6) is 0.426. The first kappa shape index (κ1) is 18.4. The lowest BCUT2D eigenvalue weighted by atomic mass is 10.2. The van der Waals surface area contributed by atoms with Crippen molar-refractivity contribution in [2.24, 2.45) is 0 Å². The zero-order valence-corrected chi connectivity index (χ0v) is 15.8. The maximum Gasteiger partial charge on any atom is 0.230 e. The second-order valence-corrected chi connectivity index (χ2v) is 7.44. The molecule has 0 radical (unpaired) electrons. The van der Waals surface area contributed by atoms with Crippen LogP contribution in [0.2, 0.25) is 0 Å². The summed E-state index contributed by atoms with van der Waals surface area (Å²) in [7, 11) is 0. The summed E-state index contributed by atoms with van der Waals surface area (Å²) in [5, 5.41) is 11.6. The number of amides is 2. The fraction of sp³-hybridized carbons (Fsp3) is 0.444. The van der Waals surface area contributed by atoms with E-state index in [1.165, 1.54) is 11.8 Å². The Morgan fingerprint density at radius 2 is 2.08 bits per heavy atom. The molecule has 1 aromatic carbocycles. The van der Waals surface area contributed by atoms with E-state index in [-0.39, 0.29) is 17.9 Å². The largest absolute Gasteiger partial charge is 0.351 e. The summed E-state index contributed by atoms with van der Waals surface area (Å²) < 4.78 is 1.94. The summed E-state index contributed by atoms with van der Waals surface area (Å²) >= 11 is 1.38. The zero-order valence-electron chi connectivity index (χ0n) is 15.0. The Hall–Kier alpha value is -2.35. The van der Waals surface area contributed by atoms with Gasteiger partial charge in [-0.25, -0.2) is 0 Å². The predicted octanol–water partition coefficient (Wildman–Crippen LogP) is 2.39. The van der Waals surface area contributed by atoms with E-state index >= 15 is 0 Å². The third-order valence-electron chi connectivity index (χ3n) is 4.24. The lowest BCUT2D eigenvalue weighted by Gasteiger charge is -2.16. The Kier molecular flexibility index (Phi) is 5.92. The van der Waals surface area contributed by atoms with Gasteiger partial charge in [0, 0.05) is 31.2 Å². The Bertz CT molecular complexity index is 772. The number of nitrogens with zero attached hydrogens (tertiary/aromatic N) is 4. The maximum atomic E-state index is 12.1. The van der Waals surface area contributed by atoms with Crippen molar-refractivity contribution in [3.8, 4) is 0 Å². The summed E-state index contributed by atoms with van der Waals surface area (Å²) in [5.41, 5.74) is 1.93. The van der Waals surface area contributed by atoms with Crippen molar-refractivity contribution in [3.05, 3.63) is 36.2 Å². The van der Waals surface area contributed by atoms with Crippen LogP contribution in [0.15, 0.2) is 35.7 Å². The van der Waals surface area contributed by atoms with Gasteiger partial charge in [0.1, 0.15) is 6.33 Å². The van der Waals surface area contributed by atoms with Gasteiger partial charge in [-0.3, -0.25) is 9.59 Å². The van der Waals surface area contributed by atoms with Crippen LogP contribution in [-0.2, 0) is 16.1 Å². The third-order valence-corrected chi connectivity index (χ3v) is 5.20. The lowest BCUT2D eigenvalue weighted by molar-refractivity contribution is -0.119. The minimum Gasteiger partial charge on any atom is -0.351 e. The van der Waals surface area contributed by atoms with Gasteiger partial charge in [-0.15, -0.1) is 10.2 Å². The van der Waals surface area contributed by atoms with Crippen LogP contribution in [0.1, 0.15) is 38.3 Å². The molecule has 1 fully saturated rings. The van der Waals surface area contributed by atoms with Crippen LogP contribution in [0.5, 0.6) is 0 Å². The van der Waals surface area contributed by atoms with E-state index in [0.29, 0.717) is 18.7 Å². The summed E-state index contributed by atoms with van der Waals surface area (Å²) in [6.45, 7) is 5.34. The second kappa shape index (κ2) is 8.35. The number of aromatic nitrogens is 3. The van der Waals surface area contributed by atoms with Crippen molar-refractivity contribution in [3.63, 3.8) is 0 Å². The van der Waals surface area contributed by atoms with Crippen molar-refractivity contribution in [1.82, 2.24) is 20.1 Å². The normalized spacial score (nSPS) is 14.3. The number of nitrogens with one attached hydrogen (secondary N) is 1. The van der Waals surface area contributed by atoms with E-state index in [1.807, 2.05) is 47.6 Å². The van der Waals surface area contributed by atoms with Crippen molar-refractivity contribution < 1.29 is 9.59 Å². The fourth-order valence-electron chi connectivity index (χ4n) is 2.79. The molecular formula is C18H23N5O2S. The fourth-order valence-corrected chi connectivity index (χ4v) is 3.66. The average molecular weight is 373 g/mol. The molecule has 1 N–H and O–H groups in total. The number of hydrogen-bond acceptors (Lipinski definition) is 5. The van der Waals surface area contributed by atoms with Gasteiger partial charge < -0.3 is 14.8 Å².